The van der Waals surface area contributed by atoms with Gasteiger partial charge in [-0.25, -0.2) is 0 Å². The van der Waals surface area contributed by atoms with Gasteiger partial charge in [0, 0.05) is 12.7 Å². The highest BCUT2D eigenvalue weighted by Gasteiger charge is 2.48. The summed E-state index contributed by atoms with van der Waals surface area (Å²) >= 11 is 0. The van der Waals surface area contributed by atoms with Gasteiger partial charge in [0.25, 0.3) is 0 Å². The maximum Gasteiger partial charge on any atom is 0.185 e. The molecular weight excluding hydrogens is 262 g/mol. The highest BCUT2D eigenvalue weighted by molar-refractivity contribution is 5.16. The van der Waals surface area contributed by atoms with E-state index in [0.29, 0.717) is 6.61 Å². The standard InChI is InChI=1S/C14H19NO5/c1-17-14-11(16)10(15)12-9(19-14)7-18-13(20-12)8-5-3-2-4-6-8/h2-6,9-14,16H,7,15H2,1H3/t9-,10-,11-,12-,13+,14+/m1/s1. The van der Waals surface area contributed by atoms with Gasteiger partial charge in [-0.1, -0.05) is 30.3 Å². The largest absolute Gasteiger partial charge is 0.386 e. The van der Waals surface area contributed by atoms with Crippen molar-refractivity contribution in [3.8, 4) is 0 Å². The fourth-order valence-corrected chi connectivity index (χ4v) is 2.61. The Bertz CT molecular complexity index is 440. The van der Waals surface area contributed by atoms with Gasteiger partial charge in [-0.15, -0.1) is 0 Å². The predicted molar refractivity (Wildman–Crippen MR) is 69.7 cm³/mol. The van der Waals surface area contributed by atoms with Crippen LogP contribution in [0.15, 0.2) is 30.3 Å². The molecule has 0 aliphatic carbocycles. The topological polar surface area (TPSA) is 83.2 Å². The molecule has 2 fully saturated rings. The van der Waals surface area contributed by atoms with Crippen LogP contribution in [0.2, 0.25) is 0 Å². The maximum absolute atomic E-state index is 10.0. The molecule has 0 radical (unpaired) electrons. The van der Waals surface area contributed by atoms with E-state index < -0.39 is 30.8 Å². The normalized spacial score (nSPS) is 41.1. The first-order valence-corrected chi connectivity index (χ1v) is 6.64. The van der Waals surface area contributed by atoms with E-state index >= 15 is 0 Å². The second-order valence-corrected chi connectivity index (χ2v) is 5.02. The zero-order valence-corrected chi connectivity index (χ0v) is 11.2. The number of methoxy groups -OCH3 is 1. The van der Waals surface area contributed by atoms with E-state index in [1.165, 1.54) is 7.11 Å². The Kier molecular flexibility index (Phi) is 4.02. The van der Waals surface area contributed by atoms with E-state index in [1.807, 2.05) is 30.3 Å². The molecule has 2 aliphatic heterocycles. The third-order valence-electron chi connectivity index (χ3n) is 3.72. The van der Waals surface area contributed by atoms with E-state index in [0.717, 1.165) is 5.56 Å². The Morgan fingerprint density at radius 2 is 2.00 bits per heavy atom. The van der Waals surface area contributed by atoms with E-state index in [9.17, 15) is 5.11 Å². The van der Waals surface area contributed by atoms with Crippen molar-refractivity contribution in [1.82, 2.24) is 0 Å². The average Bonchev–Trinajstić information content (AvgIpc) is 2.51. The molecule has 0 saturated carbocycles. The second kappa shape index (κ2) is 5.77. The van der Waals surface area contributed by atoms with E-state index in [4.69, 9.17) is 24.7 Å². The monoisotopic (exact) mass is 281 g/mol. The van der Waals surface area contributed by atoms with E-state index in [-0.39, 0.29) is 6.10 Å². The fourth-order valence-electron chi connectivity index (χ4n) is 2.61. The molecule has 110 valence electrons. The predicted octanol–water partition coefficient (Wildman–Crippen LogP) is 0.160. The molecule has 3 N–H and O–H groups in total. The quantitative estimate of drug-likeness (QED) is 0.803. The molecule has 2 saturated heterocycles. The lowest BCUT2D eigenvalue weighted by atomic mass is 9.96. The lowest BCUT2D eigenvalue weighted by Crippen LogP contribution is -2.65. The number of aliphatic hydroxyl groups excluding tert-OH is 1. The molecule has 1 aromatic carbocycles. The molecule has 0 bridgehead atoms. The van der Waals surface area contributed by atoms with E-state index in [2.05, 4.69) is 0 Å². The minimum Gasteiger partial charge on any atom is -0.386 e. The van der Waals surface area contributed by atoms with Crippen LogP contribution in [0.1, 0.15) is 11.9 Å². The van der Waals surface area contributed by atoms with E-state index in [1.54, 1.807) is 0 Å². The summed E-state index contributed by atoms with van der Waals surface area (Å²) in [5.74, 6) is 0. The fraction of sp³-hybridized carbons (Fsp3) is 0.571. The summed E-state index contributed by atoms with van der Waals surface area (Å²) in [6.07, 6.45) is -2.91. The minimum atomic E-state index is -0.921. The van der Waals surface area contributed by atoms with Crippen molar-refractivity contribution in [1.29, 1.82) is 0 Å². The number of fused-ring (bicyclic) bond motifs is 1. The number of ether oxygens (including phenoxy) is 4. The average molecular weight is 281 g/mol. The zero-order valence-electron chi connectivity index (χ0n) is 11.2. The summed E-state index contributed by atoms with van der Waals surface area (Å²) < 4.78 is 22.2. The number of nitrogens with two attached hydrogens (primary N) is 1. The molecule has 0 aromatic heterocycles. The molecule has 20 heavy (non-hydrogen) atoms. The molecule has 6 heteroatoms. The zero-order chi connectivity index (χ0) is 14.1. The highest BCUT2D eigenvalue weighted by Crippen LogP contribution is 2.33. The van der Waals surface area contributed by atoms with Crippen LogP contribution in [0, 0.1) is 0 Å². The number of hydrogen-bond acceptors (Lipinski definition) is 6. The van der Waals surface area contributed by atoms with Crippen molar-refractivity contribution in [2.45, 2.75) is 36.9 Å². The van der Waals surface area contributed by atoms with Gasteiger partial charge in [-0.2, -0.15) is 0 Å². The van der Waals surface area contributed by atoms with Crippen LogP contribution in [0.5, 0.6) is 0 Å². The first-order chi connectivity index (χ1) is 9.70. The summed E-state index contributed by atoms with van der Waals surface area (Å²) in [5, 5.41) is 10.0. The molecule has 0 unspecified atom stereocenters. The summed E-state index contributed by atoms with van der Waals surface area (Å²) in [5.41, 5.74) is 6.97. The molecule has 6 atom stereocenters. The molecule has 6 nitrogen and oxygen atoms in total. The van der Waals surface area contributed by atoms with Crippen LogP contribution < -0.4 is 5.73 Å². The van der Waals surface area contributed by atoms with Crippen molar-refractivity contribution in [3.63, 3.8) is 0 Å². The highest BCUT2D eigenvalue weighted by atomic mass is 16.7. The Morgan fingerprint density at radius 3 is 2.70 bits per heavy atom. The van der Waals surface area contributed by atoms with Gasteiger partial charge < -0.3 is 29.8 Å². The van der Waals surface area contributed by atoms with Gasteiger partial charge in [0.05, 0.1) is 12.6 Å². The molecule has 2 aliphatic rings. The van der Waals surface area contributed by atoms with Gasteiger partial charge >= 0.3 is 0 Å². The third kappa shape index (κ3) is 2.46. The summed E-state index contributed by atoms with van der Waals surface area (Å²) in [4.78, 5) is 0. The Labute approximate surface area is 117 Å². The van der Waals surface area contributed by atoms with Crippen LogP contribution in [-0.4, -0.2) is 49.5 Å². The van der Waals surface area contributed by atoms with Gasteiger partial charge in [0.1, 0.15) is 18.3 Å². The van der Waals surface area contributed by atoms with Crippen LogP contribution in [0.3, 0.4) is 0 Å². The molecule has 0 amide bonds. The SMILES string of the molecule is CO[C@H]1O[C@@H]2CO[C@H](c3ccccc3)O[C@H]2[C@H](N)[C@H]1O. The van der Waals surface area contributed by atoms with Gasteiger partial charge in [0.2, 0.25) is 0 Å². The number of hydrogen-bond donors (Lipinski definition) is 2. The van der Waals surface area contributed by atoms with Crippen LogP contribution in [-0.2, 0) is 18.9 Å². The molecule has 3 rings (SSSR count). The summed E-state index contributed by atoms with van der Waals surface area (Å²) in [7, 11) is 1.47. The lowest BCUT2D eigenvalue weighted by molar-refractivity contribution is -0.338. The van der Waals surface area contributed by atoms with Crippen LogP contribution in [0.25, 0.3) is 0 Å². The second-order valence-electron chi connectivity index (χ2n) is 5.02. The minimum absolute atomic E-state index is 0.335. The van der Waals surface area contributed by atoms with Crippen molar-refractivity contribution in [2.75, 3.05) is 13.7 Å². The number of benzene rings is 1. The van der Waals surface area contributed by atoms with Crippen molar-refractivity contribution in [3.05, 3.63) is 35.9 Å². The first kappa shape index (κ1) is 13.9. The Morgan fingerprint density at radius 1 is 1.25 bits per heavy atom. The van der Waals surface area contributed by atoms with Gasteiger partial charge in [0.15, 0.2) is 12.6 Å². The Balaban J connectivity index is 1.74. The first-order valence-electron chi connectivity index (χ1n) is 6.64. The van der Waals surface area contributed by atoms with Crippen LogP contribution >= 0.6 is 0 Å². The molecule has 1 aromatic rings. The van der Waals surface area contributed by atoms with Crippen molar-refractivity contribution >= 4 is 0 Å². The molecule has 2 heterocycles. The smallest absolute Gasteiger partial charge is 0.185 e. The van der Waals surface area contributed by atoms with Crippen molar-refractivity contribution in [2.24, 2.45) is 5.73 Å². The van der Waals surface area contributed by atoms with Gasteiger partial charge in [-0.05, 0) is 0 Å². The summed E-state index contributed by atoms with van der Waals surface area (Å²) in [6.45, 7) is 0.352. The van der Waals surface area contributed by atoms with Crippen molar-refractivity contribution < 1.29 is 24.1 Å². The maximum atomic E-state index is 10.0. The molecular formula is C14H19NO5. The number of aliphatic hydroxyl groups is 1. The Hall–Kier alpha value is -1.02. The molecule has 0 spiro atoms. The third-order valence-corrected chi connectivity index (χ3v) is 3.72. The van der Waals surface area contributed by atoms with Gasteiger partial charge in [-0.3, -0.25) is 0 Å². The summed E-state index contributed by atoms with van der Waals surface area (Å²) in [6, 6.07) is 9.04. The number of rotatable bonds is 2. The lowest BCUT2D eigenvalue weighted by Gasteiger charge is -2.46. The van der Waals surface area contributed by atoms with Crippen LogP contribution in [0.4, 0.5) is 0 Å².